The number of hydrogen-bond donors (Lipinski definition) is 1. The van der Waals surface area contributed by atoms with Gasteiger partial charge < -0.3 is 20.0 Å². The Morgan fingerprint density at radius 1 is 0.812 bits per heavy atom. The maximum absolute atomic E-state index is 13.5. The monoisotopic (exact) mass is 429 g/mol. The maximum atomic E-state index is 13.5. The molecule has 1 amide bonds. The van der Waals surface area contributed by atoms with Crippen molar-refractivity contribution in [1.29, 1.82) is 0 Å². The summed E-state index contributed by atoms with van der Waals surface area (Å²) >= 11 is 0. The normalized spacial score (nSPS) is 19.1. The highest BCUT2D eigenvalue weighted by Crippen LogP contribution is 2.25. The molecule has 5 rings (SSSR count). The predicted molar refractivity (Wildman–Crippen MR) is 124 cm³/mol. The van der Waals surface area contributed by atoms with Crippen LogP contribution >= 0.6 is 0 Å². The summed E-state index contributed by atoms with van der Waals surface area (Å²) in [7, 11) is 0. The number of carbonyl (C=O) groups is 1. The Kier molecular flexibility index (Phi) is 5.93. The van der Waals surface area contributed by atoms with E-state index in [1.54, 1.807) is 18.6 Å². The molecule has 1 N–H and O–H groups in total. The van der Waals surface area contributed by atoms with Crippen LogP contribution in [0, 0.1) is 0 Å². The van der Waals surface area contributed by atoms with Gasteiger partial charge in [0.05, 0.1) is 5.56 Å². The summed E-state index contributed by atoms with van der Waals surface area (Å²) in [6.07, 6.45) is 5.27. The molecule has 0 spiro atoms. The van der Waals surface area contributed by atoms with Gasteiger partial charge in [0.15, 0.2) is 0 Å². The van der Waals surface area contributed by atoms with Gasteiger partial charge >= 0.3 is 0 Å². The molecule has 3 aromatic rings. The van der Waals surface area contributed by atoms with E-state index in [1.165, 1.54) is 5.56 Å². The number of amides is 1. The van der Waals surface area contributed by atoms with E-state index >= 15 is 0 Å². The number of piperazine rings is 2. The third-order valence-electron chi connectivity index (χ3n) is 6.10. The van der Waals surface area contributed by atoms with Gasteiger partial charge in [-0.1, -0.05) is 30.3 Å². The van der Waals surface area contributed by atoms with Crippen LogP contribution in [-0.2, 0) is 0 Å². The van der Waals surface area contributed by atoms with Crippen LogP contribution in [-0.4, -0.2) is 71.6 Å². The Labute approximate surface area is 187 Å². The minimum Gasteiger partial charge on any atom is -0.353 e. The Balaban J connectivity index is 1.30. The van der Waals surface area contributed by atoms with E-state index in [4.69, 9.17) is 0 Å². The second-order valence-corrected chi connectivity index (χ2v) is 8.07. The quantitative estimate of drug-likeness (QED) is 0.680. The van der Waals surface area contributed by atoms with Gasteiger partial charge in [-0.25, -0.2) is 15.0 Å². The van der Waals surface area contributed by atoms with Crippen LogP contribution in [0.3, 0.4) is 0 Å². The van der Waals surface area contributed by atoms with E-state index in [2.05, 4.69) is 54.3 Å². The zero-order valence-corrected chi connectivity index (χ0v) is 18.0. The zero-order chi connectivity index (χ0) is 21.8. The summed E-state index contributed by atoms with van der Waals surface area (Å²) in [5.74, 6) is 1.53. The standard InChI is InChI=1S/C24H27N7O/c32-23(29-14-16-30(17-15-29)24-27-10-5-11-28-24)20-8-4-9-26-22(20)31-13-12-25-21(18-31)19-6-2-1-3-7-19/h1-11,21,25H,12-18H2. The first-order chi connectivity index (χ1) is 15.8. The number of aromatic nitrogens is 3. The minimum absolute atomic E-state index is 0.0384. The van der Waals surface area contributed by atoms with Gasteiger partial charge in [0, 0.05) is 70.4 Å². The minimum atomic E-state index is 0.0384. The smallest absolute Gasteiger partial charge is 0.257 e. The summed E-state index contributed by atoms with van der Waals surface area (Å²) in [6.45, 7) is 5.16. The number of anilines is 2. The fraction of sp³-hybridized carbons (Fsp3) is 0.333. The van der Waals surface area contributed by atoms with Crippen LogP contribution < -0.4 is 15.1 Å². The van der Waals surface area contributed by atoms with Gasteiger partial charge in [0.1, 0.15) is 5.82 Å². The van der Waals surface area contributed by atoms with Crippen molar-refractivity contribution in [2.24, 2.45) is 0 Å². The average molecular weight is 430 g/mol. The largest absolute Gasteiger partial charge is 0.353 e. The number of nitrogens with one attached hydrogen (secondary N) is 1. The van der Waals surface area contributed by atoms with Crippen molar-refractivity contribution >= 4 is 17.7 Å². The molecule has 32 heavy (non-hydrogen) atoms. The lowest BCUT2D eigenvalue weighted by Gasteiger charge is -2.37. The van der Waals surface area contributed by atoms with Crippen LogP contribution in [0.15, 0.2) is 67.1 Å². The number of hydrogen-bond acceptors (Lipinski definition) is 7. The first kappa shape index (κ1) is 20.4. The summed E-state index contributed by atoms with van der Waals surface area (Å²) < 4.78 is 0. The molecule has 2 aromatic heterocycles. The van der Waals surface area contributed by atoms with E-state index in [9.17, 15) is 4.79 Å². The molecule has 1 atom stereocenters. The van der Waals surface area contributed by atoms with Gasteiger partial charge in [0.25, 0.3) is 5.91 Å². The molecular weight excluding hydrogens is 402 g/mol. The lowest BCUT2D eigenvalue weighted by Crippen LogP contribution is -2.50. The Hall–Kier alpha value is -3.52. The fourth-order valence-corrected chi connectivity index (χ4v) is 4.40. The molecular formula is C24H27N7O. The first-order valence-electron chi connectivity index (χ1n) is 11.1. The Bertz CT molecular complexity index is 1040. The Morgan fingerprint density at radius 2 is 1.56 bits per heavy atom. The third-order valence-corrected chi connectivity index (χ3v) is 6.10. The molecule has 0 saturated carbocycles. The molecule has 164 valence electrons. The lowest BCUT2D eigenvalue weighted by molar-refractivity contribution is 0.0746. The van der Waals surface area contributed by atoms with Gasteiger partial charge in [-0.05, 0) is 23.8 Å². The predicted octanol–water partition coefficient (Wildman–Crippen LogP) is 1.98. The van der Waals surface area contributed by atoms with Crippen molar-refractivity contribution in [3.8, 4) is 0 Å². The van der Waals surface area contributed by atoms with Crippen LogP contribution in [0.2, 0.25) is 0 Å². The summed E-state index contributed by atoms with van der Waals surface area (Å²) in [4.78, 5) is 33.0. The molecule has 2 aliphatic rings. The van der Waals surface area contributed by atoms with E-state index in [1.807, 2.05) is 29.2 Å². The molecule has 8 nitrogen and oxygen atoms in total. The number of carbonyl (C=O) groups excluding carboxylic acids is 1. The van der Waals surface area contributed by atoms with Crippen molar-refractivity contribution < 1.29 is 4.79 Å². The van der Waals surface area contributed by atoms with Crippen LogP contribution in [0.5, 0.6) is 0 Å². The number of nitrogens with zero attached hydrogens (tertiary/aromatic N) is 6. The third kappa shape index (κ3) is 4.27. The molecule has 2 aliphatic heterocycles. The number of pyridine rings is 1. The highest BCUT2D eigenvalue weighted by atomic mass is 16.2. The molecule has 2 fully saturated rings. The first-order valence-corrected chi connectivity index (χ1v) is 11.1. The molecule has 2 saturated heterocycles. The summed E-state index contributed by atoms with van der Waals surface area (Å²) in [5.41, 5.74) is 1.92. The molecule has 8 heteroatoms. The topological polar surface area (TPSA) is 77.5 Å². The van der Waals surface area contributed by atoms with E-state index in [-0.39, 0.29) is 11.9 Å². The zero-order valence-electron chi connectivity index (χ0n) is 18.0. The van der Waals surface area contributed by atoms with Gasteiger partial charge in [-0.15, -0.1) is 0 Å². The van der Waals surface area contributed by atoms with Crippen molar-refractivity contribution in [2.75, 3.05) is 55.6 Å². The highest BCUT2D eigenvalue weighted by Gasteiger charge is 2.29. The number of rotatable bonds is 4. The highest BCUT2D eigenvalue weighted by molar-refractivity contribution is 5.99. The van der Waals surface area contributed by atoms with Crippen molar-refractivity contribution in [3.05, 3.63) is 78.2 Å². The SMILES string of the molecule is O=C(c1cccnc1N1CCNC(c2ccccc2)C1)N1CCN(c2ncccn2)CC1. The van der Waals surface area contributed by atoms with Gasteiger partial charge in [-0.2, -0.15) is 0 Å². The lowest BCUT2D eigenvalue weighted by atomic mass is 10.0. The molecule has 4 heterocycles. The molecule has 1 unspecified atom stereocenters. The number of benzene rings is 1. The van der Waals surface area contributed by atoms with Gasteiger partial charge in [0.2, 0.25) is 5.95 Å². The van der Waals surface area contributed by atoms with Crippen molar-refractivity contribution in [1.82, 2.24) is 25.2 Å². The molecule has 1 aromatic carbocycles. The van der Waals surface area contributed by atoms with E-state index < -0.39 is 0 Å². The second-order valence-electron chi connectivity index (χ2n) is 8.07. The molecule has 0 radical (unpaired) electrons. The summed E-state index contributed by atoms with van der Waals surface area (Å²) in [5, 5.41) is 3.59. The van der Waals surface area contributed by atoms with Gasteiger partial charge in [-0.3, -0.25) is 4.79 Å². The van der Waals surface area contributed by atoms with E-state index in [0.29, 0.717) is 18.7 Å². The van der Waals surface area contributed by atoms with Crippen LogP contribution in [0.4, 0.5) is 11.8 Å². The second kappa shape index (κ2) is 9.32. The fourth-order valence-electron chi connectivity index (χ4n) is 4.40. The molecule has 0 bridgehead atoms. The van der Waals surface area contributed by atoms with Crippen LogP contribution in [0.1, 0.15) is 22.0 Å². The molecule has 0 aliphatic carbocycles. The summed E-state index contributed by atoms with van der Waals surface area (Å²) in [6, 6.07) is 16.2. The van der Waals surface area contributed by atoms with Crippen molar-refractivity contribution in [3.63, 3.8) is 0 Å². The Morgan fingerprint density at radius 3 is 2.34 bits per heavy atom. The average Bonchev–Trinajstić information content (AvgIpc) is 2.89. The van der Waals surface area contributed by atoms with Crippen molar-refractivity contribution in [2.45, 2.75) is 6.04 Å². The van der Waals surface area contributed by atoms with Crippen LogP contribution in [0.25, 0.3) is 0 Å². The maximum Gasteiger partial charge on any atom is 0.257 e. The van der Waals surface area contributed by atoms with E-state index in [0.717, 1.165) is 44.5 Å².